The SMILES string of the molecule is CCNC1CCCC1N1CCCC(CC)CC1. The van der Waals surface area contributed by atoms with Gasteiger partial charge in [-0.25, -0.2) is 0 Å². The van der Waals surface area contributed by atoms with Crippen molar-refractivity contribution in [2.24, 2.45) is 5.92 Å². The van der Waals surface area contributed by atoms with Crippen molar-refractivity contribution in [3.63, 3.8) is 0 Å². The highest BCUT2D eigenvalue weighted by Crippen LogP contribution is 2.28. The van der Waals surface area contributed by atoms with Crippen LogP contribution in [-0.4, -0.2) is 36.6 Å². The number of nitrogens with zero attached hydrogens (tertiary/aromatic N) is 1. The van der Waals surface area contributed by atoms with E-state index in [9.17, 15) is 0 Å². The molecule has 1 aliphatic heterocycles. The molecule has 2 heteroatoms. The van der Waals surface area contributed by atoms with Gasteiger partial charge in [-0.05, 0) is 57.7 Å². The lowest BCUT2D eigenvalue weighted by atomic mass is 9.98. The van der Waals surface area contributed by atoms with E-state index < -0.39 is 0 Å². The van der Waals surface area contributed by atoms with Gasteiger partial charge in [0, 0.05) is 12.1 Å². The Labute approximate surface area is 107 Å². The molecule has 0 spiro atoms. The van der Waals surface area contributed by atoms with Gasteiger partial charge in [0.1, 0.15) is 0 Å². The van der Waals surface area contributed by atoms with Gasteiger partial charge in [0.2, 0.25) is 0 Å². The summed E-state index contributed by atoms with van der Waals surface area (Å²) in [6.07, 6.45) is 9.96. The minimum absolute atomic E-state index is 0.776. The average molecular weight is 238 g/mol. The first kappa shape index (κ1) is 13.4. The molecule has 2 fully saturated rings. The molecule has 0 aromatic carbocycles. The normalized spacial score (nSPS) is 36.0. The summed E-state index contributed by atoms with van der Waals surface area (Å²) in [7, 11) is 0. The summed E-state index contributed by atoms with van der Waals surface area (Å²) < 4.78 is 0. The third kappa shape index (κ3) is 3.45. The minimum Gasteiger partial charge on any atom is -0.313 e. The molecular weight excluding hydrogens is 208 g/mol. The standard InChI is InChI=1S/C15H30N2/c1-3-13-7-6-11-17(12-10-13)15-9-5-8-14(15)16-4-2/h13-16H,3-12H2,1-2H3. The van der Waals surface area contributed by atoms with Crippen molar-refractivity contribution in [3.8, 4) is 0 Å². The third-order valence-electron chi connectivity index (χ3n) is 4.87. The number of likely N-dealkylation sites (tertiary alicyclic amines) is 1. The molecule has 2 aliphatic rings. The molecule has 1 aliphatic carbocycles. The maximum atomic E-state index is 3.70. The van der Waals surface area contributed by atoms with Crippen LogP contribution in [0.3, 0.4) is 0 Å². The Morgan fingerprint density at radius 2 is 1.88 bits per heavy atom. The Morgan fingerprint density at radius 3 is 2.65 bits per heavy atom. The molecule has 0 aromatic heterocycles. The molecule has 3 atom stereocenters. The summed E-state index contributed by atoms with van der Waals surface area (Å²) >= 11 is 0. The minimum atomic E-state index is 0.776. The second kappa shape index (κ2) is 6.75. The van der Waals surface area contributed by atoms with Crippen LogP contribution in [0.5, 0.6) is 0 Å². The highest BCUT2D eigenvalue weighted by atomic mass is 15.2. The second-order valence-electron chi connectivity index (χ2n) is 5.90. The fraction of sp³-hybridized carbons (Fsp3) is 1.00. The predicted molar refractivity (Wildman–Crippen MR) is 74.3 cm³/mol. The lowest BCUT2D eigenvalue weighted by Crippen LogP contribution is -2.47. The van der Waals surface area contributed by atoms with E-state index in [-0.39, 0.29) is 0 Å². The molecule has 0 aromatic rings. The van der Waals surface area contributed by atoms with Gasteiger partial charge in [0.15, 0.2) is 0 Å². The average Bonchev–Trinajstić information content (AvgIpc) is 2.66. The van der Waals surface area contributed by atoms with Crippen molar-refractivity contribution in [3.05, 3.63) is 0 Å². The third-order valence-corrected chi connectivity index (χ3v) is 4.87. The maximum Gasteiger partial charge on any atom is 0.0249 e. The van der Waals surface area contributed by atoms with Gasteiger partial charge in [0.25, 0.3) is 0 Å². The van der Waals surface area contributed by atoms with Gasteiger partial charge in [-0.3, -0.25) is 4.90 Å². The first-order chi connectivity index (χ1) is 8.35. The number of hydrogen-bond donors (Lipinski definition) is 1. The number of nitrogens with one attached hydrogen (secondary N) is 1. The summed E-state index contributed by atoms with van der Waals surface area (Å²) in [5.74, 6) is 0.999. The Morgan fingerprint density at radius 1 is 1.00 bits per heavy atom. The van der Waals surface area contributed by atoms with Gasteiger partial charge in [-0.1, -0.05) is 26.7 Å². The van der Waals surface area contributed by atoms with Crippen LogP contribution in [0, 0.1) is 5.92 Å². The molecule has 1 saturated heterocycles. The van der Waals surface area contributed by atoms with E-state index in [0.717, 1.165) is 24.5 Å². The highest BCUT2D eigenvalue weighted by Gasteiger charge is 2.32. The molecule has 2 nitrogen and oxygen atoms in total. The molecule has 2 rings (SSSR count). The molecule has 100 valence electrons. The fourth-order valence-electron chi connectivity index (χ4n) is 3.81. The summed E-state index contributed by atoms with van der Waals surface area (Å²) in [6.45, 7) is 8.43. The van der Waals surface area contributed by atoms with Gasteiger partial charge in [0.05, 0.1) is 0 Å². The van der Waals surface area contributed by atoms with E-state index in [0.29, 0.717) is 0 Å². The molecule has 17 heavy (non-hydrogen) atoms. The molecule has 0 radical (unpaired) electrons. The molecule has 0 amide bonds. The van der Waals surface area contributed by atoms with E-state index in [1.807, 2.05) is 0 Å². The van der Waals surface area contributed by atoms with Gasteiger partial charge >= 0.3 is 0 Å². The molecule has 1 saturated carbocycles. The summed E-state index contributed by atoms with van der Waals surface area (Å²) in [5.41, 5.74) is 0. The monoisotopic (exact) mass is 238 g/mol. The van der Waals surface area contributed by atoms with Crippen molar-refractivity contribution in [2.75, 3.05) is 19.6 Å². The largest absolute Gasteiger partial charge is 0.313 e. The van der Waals surface area contributed by atoms with E-state index in [2.05, 4.69) is 24.1 Å². The molecule has 0 bridgehead atoms. The molecule has 1 heterocycles. The van der Waals surface area contributed by atoms with Crippen molar-refractivity contribution >= 4 is 0 Å². The summed E-state index contributed by atoms with van der Waals surface area (Å²) in [6, 6.07) is 1.61. The van der Waals surface area contributed by atoms with Crippen molar-refractivity contribution < 1.29 is 0 Å². The number of rotatable bonds is 4. The second-order valence-corrected chi connectivity index (χ2v) is 5.90. The van der Waals surface area contributed by atoms with E-state index in [1.54, 1.807) is 0 Å². The summed E-state index contributed by atoms with van der Waals surface area (Å²) in [4.78, 5) is 2.80. The van der Waals surface area contributed by atoms with Crippen LogP contribution < -0.4 is 5.32 Å². The van der Waals surface area contributed by atoms with Crippen LogP contribution in [0.4, 0.5) is 0 Å². The molecular formula is C15H30N2. The smallest absolute Gasteiger partial charge is 0.0249 e. The number of hydrogen-bond acceptors (Lipinski definition) is 2. The first-order valence-electron chi connectivity index (χ1n) is 7.82. The molecule has 1 N–H and O–H groups in total. The van der Waals surface area contributed by atoms with E-state index in [1.165, 1.54) is 58.0 Å². The highest BCUT2D eigenvalue weighted by molar-refractivity contribution is 4.91. The van der Waals surface area contributed by atoms with Crippen molar-refractivity contribution in [1.29, 1.82) is 0 Å². The lowest BCUT2D eigenvalue weighted by Gasteiger charge is -2.32. The van der Waals surface area contributed by atoms with Crippen LogP contribution in [0.2, 0.25) is 0 Å². The fourth-order valence-corrected chi connectivity index (χ4v) is 3.81. The van der Waals surface area contributed by atoms with E-state index in [4.69, 9.17) is 0 Å². The Balaban J connectivity index is 1.88. The zero-order valence-electron chi connectivity index (χ0n) is 11.8. The van der Waals surface area contributed by atoms with Crippen LogP contribution >= 0.6 is 0 Å². The van der Waals surface area contributed by atoms with Crippen LogP contribution in [0.15, 0.2) is 0 Å². The Bertz CT molecular complexity index is 217. The van der Waals surface area contributed by atoms with Gasteiger partial charge in [-0.15, -0.1) is 0 Å². The Kier molecular flexibility index (Phi) is 5.30. The zero-order chi connectivity index (χ0) is 12.1. The van der Waals surface area contributed by atoms with Crippen molar-refractivity contribution in [1.82, 2.24) is 10.2 Å². The van der Waals surface area contributed by atoms with Crippen LogP contribution in [-0.2, 0) is 0 Å². The van der Waals surface area contributed by atoms with Crippen molar-refractivity contribution in [2.45, 2.75) is 70.9 Å². The van der Waals surface area contributed by atoms with Gasteiger partial charge < -0.3 is 5.32 Å². The van der Waals surface area contributed by atoms with Gasteiger partial charge in [-0.2, -0.15) is 0 Å². The van der Waals surface area contributed by atoms with E-state index >= 15 is 0 Å². The van der Waals surface area contributed by atoms with Crippen LogP contribution in [0.1, 0.15) is 58.8 Å². The first-order valence-corrected chi connectivity index (χ1v) is 7.82. The van der Waals surface area contributed by atoms with Crippen LogP contribution in [0.25, 0.3) is 0 Å². The molecule has 3 unspecified atom stereocenters. The zero-order valence-corrected chi connectivity index (χ0v) is 11.8. The quantitative estimate of drug-likeness (QED) is 0.810. The number of likely N-dealkylation sites (N-methyl/N-ethyl adjacent to an activating group) is 1. The maximum absolute atomic E-state index is 3.70. The predicted octanol–water partition coefficient (Wildman–Crippen LogP) is 3.03. The lowest BCUT2D eigenvalue weighted by molar-refractivity contribution is 0.177. The Hall–Kier alpha value is -0.0800. The summed E-state index contributed by atoms with van der Waals surface area (Å²) in [5, 5.41) is 3.70. The topological polar surface area (TPSA) is 15.3 Å².